The second-order valence-electron chi connectivity index (χ2n) is 11.5. The van der Waals surface area contributed by atoms with Gasteiger partial charge in [0, 0.05) is 37.4 Å². The number of ether oxygens (including phenoxy) is 1. The zero-order valence-electron chi connectivity index (χ0n) is 23.6. The van der Waals surface area contributed by atoms with Crippen molar-refractivity contribution in [3.05, 3.63) is 98.2 Å². The first-order chi connectivity index (χ1) is 19.8. The number of rotatable bonds is 10. The fraction of sp³-hybridized carbons (Fsp3) is 0.387. The minimum Gasteiger partial charge on any atom is -0.483 e. The maximum absolute atomic E-state index is 14.5. The van der Waals surface area contributed by atoms with E-state index in [0.717, 1.165) is 11.8 Å². The third-order valence-corrected chi connectivity index (χ3v) is 9.36. The Morgan fingerprint density at radius 2 is 1.86 bits per heavy atom. The first-order valence-corrected chi connectivity index (χ1v) is 16.2. The molecule has 2 aromatic carbocycles. The van der Waals surface area contributed by atoms with Crippen LogP contribution in [0, 0.1) is 11.7 Å². The highest BCUT2D eigenvalue weighted by molar-refractivity contribution is 7.90. The van der Waals surface area contributed by atoms with Gasteiger partial charge in [0.15, 0.2) is 17.2 Å². The van der Waals surface area contributed by atoms with E-state index < -0.39 is 38.3 Å². The second kappa shape index (κ2) is 11.3. The predicted molar refractivity (Wildman–Crippen MR) is 158 cm³/mol. The summed E-state index contributed by atoms with van der Waals surface area (Å²) in [6.45, 7) is 3.91. The zero-order chi connectivity index (χ0) is 30.4. The number of hydrogen-bond acceptors (Lipinski definition) is 6. The second-order valence-corrected chi connectivity index (χ2v) is 14.0. The molecule has 1 spiro atoms. The third-order valence-electron chi connectivity index (χ3n) is 8.06. The highest BCUT2D eigenvalue weighted by Crippen LogP contribution is 2.55. The van der Waals surface area contributed by atoms with Crippen LogP contribution in [0.3, 0.4) is 0 Å². The van der Waals surface area contributed by atoms with Crippen molar-refractivity contribution >= 4 is 33.1 Å². The van der Waals surface area contributed by atoms with Gasteiger partial charge in [0.05, 0.1) is 21.9 Å². The number of fused-ring (bicyclic) bond motifs is 2. The first-order valence-electron chi connectivity index (χ1n) is 13.7. The summed E-state index contributed by atoms with van der Waals surface area (Å²) in [7, 11) is -3.35. The molecule has 0 bridgehead atoms. The summed E-state index contributed by atoms with van der Waals surface area (Å²) in [6, 6.07) is 13.4. The molecule has 222 valence electrons. The molecule has 2 aliphatic rings. The molecule has 2 atom stereocenters. The lowest BCUT2D eigenvalue weighted by molar-refractivity contribution is 0.0562. The first kappa shape index (κ1) is 30.0. The lowest BCUT2D eigenvalue weighted by Gasteiger charge is -2.40. The summed E-state index contributed by atoms with van der Waals surface area (Å²) >= 11 is 5.89. The van der Waals surface area contributed by atoms with Gasteiger partial charge in [0.25, 0.3) is 5.91 Å². The number of carbonyl (C=O) groups excluding carboxylic acids is 2. The Labute approximate surface area is 249 Å². The van der Waals surface area contributed by atoms with E-state index in [9.17, 15) is 27.2 Å². The third kappa shape index (κ3) is 5.74. The number of carbonyl (C=O) groups is 2. The molecule has 1 fully saturated rings. The molecule has 0 radical (unpaired) electrons. The lowest BCUT2D eigenvalue weighted by Crippen LogP contribution is -2.52. The van der Waals surface area contributed by atoms with Crippen LogP contribution in [0.4, 0.5) is 4.39 Å². The molecule has 0 unspecified atom stereocenters. The van der Waals surface area contributed by atoms with E-state index in [1.165, 1.54) is 18.3 Å². The van der Waals surface area contributed by atoms with Gasteiger partial charge in [-0.15, -0.1) is 0 Å². The number of benzene rings is 2. The topological polar surface area (TPSA) is 103 Å². The Hall–Kier alpha value is -3.50. The fourth-order valence-corrected chi connectivity index (χ4v) is 7.11. The maximum atomic E-state index is 14.5. The van der Waals surface area contributed by atoms with E-state index in [1.54, 1.807) is 15.5 Å². The van der Waals surface area contributed by atoms with Gasteiger partial charge in [-0.3, -0.25) is 14.4 Å². The predicted octanol–water partition coefficient (Wildman–Crippen LogP) is 4.66. The van der Waals surface area contributed by atoms with E-state index in [2.05, 4.69) is 0 Å². The highest BCUT2D eigenvalue weighted by atomic mass is 35.5. The number of Topliss-reactive ketones (excluding diaryl/α,β-unsaturated/α-hetero) is 1. The summed E-state index contributed by atoms with van der Waals surface area (Å²) in [5.41, 5.74) is -0.747. The van der Waals surface area contributed by atoms with E-state index >= 15 is 0 Å². The number of amides is 1. The monoisotopic (exact) mass is 614 g/mol. The number of ketones is 1. The molecule has 1 aliphatic carbocycles. The number of halogens is 2. The van der Waals surface area contributed by atoms with E-state index in [-0.39, 0.29) is 71.3 Å². The van der Waals surface area contributed by atoms with Crippen LogP contribution < -0.4 is 10.2 Å². The fourth-order valence-electron chi connectivity index (χ4n) is 5.76. The Morgan fingerprint density at radius 3 is 2.52 bits per heavy atom. The molecule has 5 rings (SSSR count). The van der Waals surface area contributed by atoms with Crippen molar-refractivity contribution in [2.24, 2.45) is 5.92 Å². The van der Waals surface area contributed by atoms with Gasteiger partial charge in [-0.25, -0.2) is 12.8 Å². The van der Waals surface area contributed by atoms with Crippen molar-refractivity contribution in [1.29, 1.82) is 0 Å². The van der Waals surface area contributed by atoms with Crippen molar-refractivity contribution in [3.63, 3.8) is 0 Å². The van der Waals surface area contributed by atoms with Crippen molar-refractivity contribution in [2.45, 2.75) is 51.3 Å². The molecular formula is C31H32ClFN2O6S. The van der Waals surface area contributed by atoms with Crippen LogP contribution in [-0.2, 0) is 28.4 Å². The largest absolute Gasteiger partial charge is 0.483 e. The number of sulfone groups is 1. The van der Waals surface area contributed by atoms with Gasteiger partial charge in [-0.05, 0) is 43.9 Å². The van der Waals surface area contributed by atoms with Crippen LogP contribution in [0.15, 0.2) is 59.5 Å². The zero-order valence-corrected chi connectivity index (χ0v) is 25.2. The number of aryl methyl sites for hydroxylation is 1. The SMILES string of the molecule is CC(C)N1C[C@]2(C[C@H]2CS(C)(=O)=O)n2cc(C(=O)CCc3cccc(Cl)c3F)c(=O)c(OCc3ccccc3)c2C1=O. The highest BCUT2D eigenvalue weighted by Gasteiger charge is 2.61. The summed E-state index contributed by atoms with van der Waals surface area (Å²) in [5.74, 6) is -2.28. The average molecular weight is 615 g/mol. The average Bonchev–Trinajstić information content (AvgIpc) is 3.61. The molecule has 1 saturated carbocycles. The van der Waals surface area contributed by atoms with E-state index in [1.807, 2.05) is 44.2 Å². The van der Waals surface area contributed by atoms with Crippen molar-refractivity contribution < 1.29 is 27.1 Å². The smallest absolute Gasteiger partial charge is 0.274 e. The van der Waals surface area contributed by atoms with Crippen molar-refractivity contribution in [1.82, 2.24) is 9.47 Å². The molecule has 0 saturated heterocycles. The Morgan fingerprint density at radius 1 is 1.14 bits per heavy atom. The minimum absolute atomic E-state index is 0.00400. The summed E-state index contributed by atoms with van der Waals surface area (Å²) in [6.07, 6.45) is 2.82. The standard InChI is InChI=1S/C31H32ClFN2O6S/c1-19(2)34-18-31(14-22(31)17-42(3,39)40)35-15-23(25(36)13-12-21-10-7-11-24(32)26(21)33)28(37)29(27(35)30(34)38)41-16-20-8-5-4-6-9-20/h4-11,15,19,22H,12-14,16-18H2,1-3H3/t22-,31-/m0/s1. The molecule has 1 aliphatic heterocycles. The number of pyridine rings is 1. The lowest BCUT2D eigenvalue weighted by atomic mass is 9.99. The number of hydrogen-bond donors (Lipinski definition) is 0. The minimum atomic E-state index is -3.35. The molecule has 1 amide bonds. The van der Waals surface area contributed by atoms with Crippen LogP contribution in [0.5, 0.6) is 5.75 Å². The molecule has 42 heavy (non-hydrogen) atoms. The molecule has 8 nitrogen and oxygen atoms in total. The maximum Gasteiger partial charge on any atom is 0.274 e. The summed E-state index contributed by atoms with van der Waals surface area (Å²) < 4.78 is 46.7. The van der Waals surface area contributed by atoms with Crippen LogP contribution >= 0.6 is 11.6 Å². The van der Waals surface area contributed by atoms with Crippen molar-refractivity contribution in [2.75, 3.05) is 18.6 Å². The van der Waals surface area contributed by atoms with Gasteiger partial charge in [0.2, 0.25) is 5.43 Å². The number of aromatic nitrogens is 1. The van der Waals surface area contributed by atoms with Gasteiger partial charge in [-0.1, -0.05) is 54.1 Å². The molecule has 3 aromatic rings. The molecule has 1 aromatic heterocycles. The van der Waals surface area contributed by atoms with Crippen LogP contribution in [0.1, 0.15) is 58.7 Å². The summed E-state index contributed by atoms with van der Waals surface area (Å²) in [5, 5.41) is -0.0637. The Bertz CT molecular complexity index is 1720. The Kier molecular flexibility index (Phi) is 8.06. The van der Waals surface area contributed by atoms with E-state index in [0.29, 0.717) is 6.42 Å². The van der Waals surface area contributed by atoms with Crippen LogP contribution in [0.2, 0.25) is 5.02 Å². The van der Waals surface area contributed by atoms with Gasteiger partial charge >= 0.3 is 0 Å². The number of nitrogens with zero attached hydrogens (tertiary/aromatic N) is 2. The van der Waals surface area contributed by atoms with E-state index in [4.69, 9.17) is 16.3 Å². The molecule has 0 N–H and O–H groups in total. The van der Waals surface area contributed by atoms with Gasteiger partial charge in [-0.2, -0.15) is 0 Å². The normalized spacial score (nSPS) is 19.7. The Balaban J connectivity index is 1.61. The van der Waals surface area contributed by atoms with Crippen LogP contribution in [0.25, 0.3) is 0 Å². The molecular weight excluding hydrogens is 583 g/mol. The van der Waals surface area contributed by atoms with Crippen LogP contribution in [-0.4, -0.2) is 54.2 Å². The summed E-state index contributed by atoms with van der Waals surface area (Å²) in [4.78, 5) is 42.9. The van der Waals surface area contributed by atoms with Gasteiger partial charge in [0.1, 0.15) is 22.3 Å². The van der Waals surface area contributed by atoms with Crippen molar-refractivity contribution in [3.8, 4) is 5.75 Å². The quantitative estimate of drug-likeness (QED) is 0.308. The molecule has 2 heterocycles. The molecule has 11 heteroatoms. The van der Waals surface area contributed by atoms with Gasteiger partial charge < -0.3 is 14.2 Å².